The summed E-state index contributed by atoms with van der Waals surface area (Å²) in [4.78, 5) is 29.0. The van der Waals surface area contributed by atoms with Gasteiger partial charge in [-0.25, -0.2) is 28.1 Å². The fourth-order valence-corrected chi connectivity index (χ4v) is 6.24. The Morgan fingerprint density at radius 2 is 1.87 bits per heavy atom. The van der Waals surface area contributed by atoms with Crippen molar-refractivity contribution in [2.24, 2.45) is 0 Å². The fourth-order valence-electron chi connectivity index (χ4n) is 4.81. The van der Waals surface area contributed by atoms with Gasteiger partial charge < -0.3 is 10.1 Å². The van der Waals surface area contributed by atoms with E-state index >= 15 is 0 Å². The van der Waals surface area contributed by atoms with Crippen LogP contribution in [0.4, 0.5) is 13.2 Å². The average molecular weight is 566 g/mol. The van der Waals surface area contributed by atoms with Crippen LogP contribution in [0, 0.1) is 5.82 Å². The first kappa shape index (κ1) is 27.0. The van der Waals surface area contributed by atoms with Crippen molar-refractivity contribution in [1.29, 1.82) is 0 Å². The van der Waals surface area contributed by atoms with E-state index in [-0.39, 0.29) is 47.1 Å². The van der Waals surface area contributed by atoms with Crippen LogP contribution in [-0.2, 0) is 4.74 Å². The van der Waals surface area contributed by atoms with Crippen LogP contribution in [0.2, 0.25) is 5.02 Å². The Morgan fingerprint density at radius 3 is 2.58 bits per heavy atom. The molecule has 0 radical (unpaired) electrons. The number of rotatable bonds is 7. The number of alkyl halides is 2. The zero-order valence-electron chi connectivity index (χ0n) is 20.5. The van der Waals surface area contributed by atoms with Crippen molar-refractivity contribution in [3.05, 3.63) is 63.1 Å². The molecule has 7 nitrogen and oxygen atoms in total. The molecule has 3 heterocycles. The third-order valence-corrected chi connectivity index (χ3v) is 8.56. The second-order valence-corrected chi connectivity index (χ2v) is 11.0. The second-order valence-electron chi connectivity index (χ2n) is 9.52. The molecular weight excluding hydrogens is 539 g/mol. The molecule has 3 aromatic rings. The third kappa shape index (κ3) is 6.33. The summed E-state index contributed by atoms with van der Waals surface area (Å²) >= 11 is 7.87. The number of carbonyl (C=O) groups excluding carboxylic acids is 1. The molecule has 5 rings (SSSR count). The van der Waals surface area contributed by atoms with Gasteiger partial charge in [0, 0.05) is 55.0 Å². The van der Waals surface area contributed by atoms with Crippen LogP contribution in [0.15, 0.2) is 36.8 Å². The lowest BCUT2D eigenvalue weighted by atomic mass is 9.87. The minimum Gasteiger partial charge on any atom is -0.379 e. The van der Waals surface area contributed by atoms with Crippen LogP contribution in [0.5, 0.6) is 0 Å². The van der Waals surface area contributed by atoms with Crippen molar-refractivity contribution in [3.8, 4) is 11.4 Å². The second kappa shape index (κ2) is 11.6. The summed E-state index contributed by atoms with van der Waals surface area (Å²) in [6.45, 7) is 2.86. The van der Waals surface area contributed by atoms with E-state index in [0.717, 1.165) is 22.3 Å². The normalized spacial score (nSPS) is 19.3. The van der Waals surface area contributed by atoms with Crippen molar-refractivity contribution in [2.45, 2.75) is 43.6 Å². The van der Waals surface area contributed by atoms with E-state index in [1.165, 1.54) is 11.3 Å². The van der Waals surface area contributed by atoms with Gasteiger partial charge in [-0.1, -0.05) is 11.6 Å². The number of ether oxygens (including phenoxy) is 1. The van der Waals surface area contributed by atoms with Crippen molar-refractivity contribution in [1.82, 2.24) is 25.2 Å². The summed E-state index contributed by atoms with van der Waals surface area (Å²) in [5.74, 6) is -3.19. The topological polar surface area (TPSA) is 80.2 Å². The first-order valence-electron chi connectivity index (χ1n) is 12.5. The minimum absolute atomic E-state index is 0.0310. The summed E-state index contributed by atoms with van der Waals surface area (Å²) in [6, 6.07) is 4.68. The van der Waals surface area contributed by atoms with Gasteiger partial charge in [0.1, 0.15) is 0 Å². The number of morpholine rings is 1. The monoisotopic (exact) mass is 565 g/mol. The van der Waals surface area contributed by atoms with Crippen molar-refractivity contribution >= 4 is 28.8 Å². The standard InChI is InChI=1S/C26H27ClF3N5O2S/c27-20-2-1-17(23-31-12-18(28)13-32-23)11-19(20)24(36)33-14-21(35-7-9-37-10-8-35)22-15-34-25(38-22)16-3-5-26(29,30)6-4-16/h1-2,11-13,15-16,21H,3-10,14H2,(H,33,36). The van der Waals surface area contributed by atoms with E-state index in [2.05, 4.69) is 25.2 Å². The molecule has 12 heteroatoms. The zero-order chi connectivity index (χ0) is 26.7. The van der Waals surface area contributed by atoms with Crippen molar-refractivity contribution in [3.63, 3.8) is 0 Å². The molecule has 1 unspecified atom stereocenters. The Morgan fingerprint density at radius 1 is 1.16 bits per heavy atom. The highest BCUT2D eigenvalue weighted by atomic mass is 35.5. The maximum Gasteiger partial charge on any atom is 0.252 e. The maximum absolute atomic E-state index is 13.6. The SMILES string of the molecule is O=C(NCC(c1cnc(C2CCC(F)(F)CC2)s1)N1CCOCC1)c1cc(-c2ncc(F)cn2)ccc1Cl. The highest BCUT2D eigenvalue weighted by Crippen LogP contribution is 2.42. The molecule has 1 atom stereocenters. The fraction of sp³-hybridized carbons (Fsp3) is 0.462. The number of aromatic nitrogens is 3. The summed E-state index contributed by atoms with van der Waals surface area (Å²) < 4.78 is 46.0. The Labute approximate surface area is 227 Å². The number of nitrogens with one attached hydrogen (secondary N) is 1. The first-order valence-corrected chi connectivity index (χ1v) is 13.7. The molecule has 0 bridgehead atoms. The molecule has 1 aromatic carbocycles. The number of amides is 1. The van der Waals surface area contributed by atoms with Gasteiger partial charge in [0.25, 0.3) is 5.91 Å². The lowest BCUT2D eigenvalue weighted by molar-refractivity contribution is -0.0382. The number of halogens is 4. The Balaban J connectivity index is 1.32. The number of hydrogen-bond acceptors (Lipinski definition) is 7. The van der Waals surface area contributed by atoms with E-state index in [9.17, 15) is 18.0 Å². The molecule has 1 saturated heterocycles. The Bertz CT molecular complexity index is 1260. The third-order valence-electron chi connectivity index (χ3n) is 6.97. The van der Waals surface area contributed by atoms with E-state index in [1.54, 1.807) is 24.4 Å². The molecule has 1 saturated carbocycles. The van der Waals surface area contributed by atoms with E-state index < -0.39 is 11.7 Å². The highest BCUT2D eigenvalue weighted by molar-refractivity contribution is 7.11. The number of hydrogen-bond donors (Lipinski definition) is 1. The molecule has 2 fully saturated rings. The lowest BCUT2D eigenvalue weighted by Crippen LogP contribution is -2.43. The quantitative estimate of drug-likeness (QED) is 0.408. The van der Waals surface area contributed by atoms with Crippen LogP contribution < -0.4 is 5.32 Å². The van der Waals surface area contributed by atoms with Gasteiger partial charge in [0.2, 0.25) is 5.92 Å². The van der Waals surface area contributed by atoms with E-state index in [0.29, 0.717) is 51.3 Å². The summed E-state index contributed by atoms with van der Waals surface area (Å²) in [7, 11) is 0. The van der Waals surface area contributed by atoms with Crippen LogP contribution in [0.3, 0.4) is 0 Å². The molecule has 0 spiro atoms. The van der Waals surface area contributed by atoms with Gasteiger partial charge in [0.05, 0.1) is 47.2 Å². The van der Waals surface area contributed by atoms with Crippen LogP contribution in [-0.4, -0.2) is 64.5 Å². The predicted octanol–water partition coefficient (Wildman–Crippen LogP) is 5.49. The minimum atomic E-state index is -2.58. The first-order chi connectivity index (χ1) is 18.3. The number of nitrogens with zero attached hydrogens (tertiary/aromatic N) is 4. The van der Waals surface area contributed by atoms with E-state index in [1.807, 2.05) is 0 Å². The molecule has 1 amide bonds. The highest BCUT2D eigenvalue weighted by Gasteiger charge is 2.37. The maximum atomic E-state index is 13.6. The molecule has 1 N–H and O–H groups in total. The van der Waals surface area contributed by atoms with Crippen LogP contribution in [0.1, 0.15) is 57.9 Å². The van der Waals surface area contributed by atoms with Crippen LogP contribution in [0.25, 0.3) is 11.4 Å². The Hall–Kier alpha value is -2.60. The number of benzene rings is 1. The van der Waals surface area contributed by atoms with Gasteiger partial charge >= 0.3 is 0 Å². The smallest absolute Gasteiger partial charge is 0.252 e. The van der Waals surface area contributed by atoms with Crippen LogP contribution >= 0.6 is 22.9 Å². The molecule has 2 aromatic heterocycles. The predicted molar refractivity (Wildman–Crippen MR) is 138 cm³/mol. The van der Waals surface area contributed by atoms with Crippen molar-refractivity contribution in [2.75, 3.05) is 32.8 Å². The molecule has 202 valence electrons. The van der Waals surface area contributed by atoms with Gasteiger partial charge in [-0.2, -0.15) is 0 Å². The van der Waals surface area contributed by atoms with Gasteiger partial charge in [-0.15, -0.1) is 11.3 Å². The summed E-state index contributed by atoms with van der Waals surface area (Å²) in [6.07, 6.45) is 4.55. The van der Waals surface area contributed by atoms with Gasteiger partial charge in [0.15, 0.2) is 11.6 Å². The van der Waals surface area contributed by atoms with Gasteiger partial charge in [-0.3, -0.25) is 9.69 Å². The molecular formula is C26H27ClF3N5O2S. The lowest BCUT2D eigenvalue weighted by Gasteiger charge is -2.34. The average Bonchev–Trinajstić information content (AvgIpc) is 3.40. The number of thiazole rings is 1. The zero-order valence-corrected chi connectivity index (χ0v) is 22.1. The van der Waals surface area contributed by atoms with Crippen molar-refractivity contribution < 1.29 is 22.7 Å². The largest absolute Gasteiger partial charge is 0.379 e. The summed E-state index contributed by atoms with van der Waals surface area (Å²) in [5, 5.41) is 4.14. The summed E-state index contributed by atoms with van der Waals surface area (Å²) in [5.41, 5.74) is 0.792. The van der Waals surface area contributed by atoms with E-state index in [4.69, 9.17) is 16.3 Å². The van der Waals surface area contributed by atoms with Gasteiger partial charge in [-0.05, 0) is 31.0 Å². The molecule has 2 aliphatic rings. The molecule has 1 aliphatic heterocycles. The Kier molecular flexibility index (Phi) is 8.27. The number of carbonyl (C=O) groups is 1. The molecule has 1 aliphatic carbocycles. The molecule has 38 heavy (non-hydrogen) atoms.